The topological polar surface area (TPSA) is 58.1 Å². The lowest BCUT2D eigenvalue weighted by Gasteiger charge is -2.33. The van der Waals surface area contributed by atoms with Crippen molar-refractivity contribution in [3.8, 4) is 0 Å². The predicted octanol–water partition coefficient (Wildman–Crippen LogP) is 1.87. The number of nitrogens with one attached hydrogen (secondary N) is 1. The second-order valence-electron chi connectivity index (χ2n) is 5.16. The van der Waals surface area contributed by atoms with Crippen LogP contribution in [0.4, 0.5) is 5.95 Å². The lowest BCUT2D eigenvalue weighted by atomic mass is 10.1. The highest BCUT2D eigenvalue weighted by Crippen LogP contribution is 2.16. The Labute approximate surface area is 128 Å². The molecule has 5 nitrogen and oxygen atoms in total. The summed E-state index contributed by atoms with van der Waals surface area (Å²) < 4.78 is 0. The molecule has 0 aliphatic carbocycles. The van der Waals surface area contributed by atoms with E-state index < -0.39 is 0 Å². The van der Waals surface area contributed by atoms with E-state index in [1.165, 1.54) is 0 Å². The number of amides is 1. The van der Waals surface area contributed by atoms with Crippen LogP contribution in [0.2, 0.25) is 0 Å². The average Bonchev–Trinajstić information content (AvgIpc) is 3.01. The largest absolute Gasteiger partial charge is 0.351 e. The van der Waals surface area contributed by atoms with Gasteiger partial charge in [0.05, 0.1) is 6.42 Å². The van der Waals surface area contributed by atoms with E-state index in [1.54, 1.807) is 23.7 Å². The van der Waals surface area contributed by atoms with E-state index in [0.717, 1.165) is 36.8 Å². The Hall–Kier alpha value is -1.95. The van der Waals surface area contributed by atoms with Crippen LogP contribution in [0.25, 0.3) is 0 Å². The Morgan fingerprint density at radius 1 is 1.38 bits per heavy atom. The lowest BCUT2D eigenvalue weighted by Crippen LogP contribution is -2.48. The lowest BCUT2D eigenvalue weighted by molar-refractivity contribution is -0.121. The number of carbonyl (C=O) groups is 1. The number of hydrogen-bond donors (Lipinski definition) is 1. The Bertz CT molecular complexity index is 573. The maximum absolute atomic E-state index is 12.1. The summed E-state index contributed by atoms with van der Waals surface area (Å²) in [5.41, 5.74) is 0. The van der Waals surface area contributed by atoms with Crippen molar-refractivity contribution in [3.63, 3.8) is 0 Å². The number of piperidine rings is 1. The summed E-state index contributed by atoms with van der Waals surface area (Å²) in [7, 11) is 0. The van der Waals surface area contributed by atoms with Crippen LogP contribution in [0.5, 0.6) is 0 Å². The maximum Gasteiger partial charge on any atom is 0.225 e. The molecule has 1 atom stereocenters. The first-order valence-electron chi connectivity index (χ1n) is 7.15. The molecule has 0 spiro atoms. The van der Waals surface area contributed by atoms with Crippen LogP contribution in [0.3, 0.4) is 0 Å². The summed E-state index contributed by atoms with van der Waals surface area (Å²) in [6.45, 7) is 1.72. The molecule has 0 bridgehead atoms. The number of thiophene rings is 1. The molecule has 2 aromatic heterocycles. The summed E-state index contributed by atoms with van der Waals surface area (Å²) >= 11 is 1.62. The summed E-state index contributed by atoms with van der Waals surface area (Å²) in [5.74, 6) is 0.841. The summed E-state index contributed by atoms with van der Waals surface area (Å²) in [5, 5.41) is 5.13. The van der Waals surface area contributed by atoms with Gasteiger partial charge in [-0.25, -0.2) is 9.97 Å². The van der Waals surface area contributed by atoms with Crippen molar-refractivity contribution in [2.75, 3.05) is 18.0 Å². The monoisotopic (exact) mass is 302 g/mol. The maximum atomic E-state index is 12.1. The van der Waals surface area contributed by atoms with Crippen molar-refractivity contribution < 1.29 is 4.79 Å². The molecule has 1 N–H and O–H groups in total. The molecule has 1 aliphatic rings. The van der Waals surface area contributed by atoms with Gasteiger partial charge in [0, 0.05) is 36.4 Å². The van der Waals surface area contributed by atoms with Gasteiger partial charge in [0.2, 0.25) is 11.9 Å². The number of anilines is 1. The quantitative estimate of drug-likeness (QED) is 0.936. The first kappa shape index (κ1) is 14.0. The Kier molecular flexibility index (Phi) is 4.45. The molecular formula is C15H18N4OS. The summed E-state index contributed by atoms with van der Waals surface area (Å²) in [6, 6.07) is 5.96. The fraction of sp³-hybridized carbons (Fsp3) is 0.400. The van der Waals surface area contributed by atoms with Gasteiger partial charge in [-0.1, -0.05) is 6.07 Å². The molecule has 21 heavy (non-hydrogen) atoms. The Morgan fingerprint density at radius 3 is 3.00 bits per heavy atom. The highest BCUT2D eigenvalue weighted by atomic mass is 32.1. The third-order valence-corrected chi connectivity index (χ3v) is 4.41. The van der Waals surface area contributed by atoms with Crippen molar-refractivity contribution in [2.45, 2.75) is 25.3 Å². The van der Waals surface area contributed by atoms with Gasteiger partial charge < -0.3 is 10.2 Å². The van der Waals surface area contributed by atoms with Crippen LogP contribution in [0.1, 0.15) is 17.7 Å². The fourth-order valence-electron chi connectivity index (χ4n) is 2.58. The number of aromatic nitrogens is 2. The van der Waals surface area contributed by atoms with Crippen LogP contribution >= 0.6 is 11.3 Å². The van der Waals surface area contributed by atoms with Gasteiger partial charge in [-0.2, -0.15) is 0 Å². The van der Waals surface area contributed by atoms with Crippen LogP contribution < -0.4 is 10.2 Å². The fourth-order valence-corrected chi connectivity index (χ4v) is 3.28. The minimum Gasteiger partial charge on any atom is -0.351 e. The van der Waals surface area contributed by atoms with Gasteiger partial charge in [0.25, 0.3) is 0 Å². The minimum absolute atomic E-state index is 0.0956. The number of nitrogens with zero attached hydrogens (tertiary/aromatic N) is 3. The van der Waals surface area contributed by atoms with Gasteiger partial charge in [-0.3, -0.25) is 4.79 Å². The van der Waals surface area contributed by atoms with Crippen LogP contribution in [0.15, 0.2) is 36.0 Å². The molecule has 1 saturated heterocycles. The number of hydrogen-bond acceptors (Lipinski definition) is 5. The molecule has 0 aromatic carbocycles. The zero-order valence-electron chi connectivity index (χ0n) is 11.7. The molecule has 1 fully saturated rings. The average molecular weight is 302 g/mol. The molecule has 1 amide bonds. The van der Waals surface area contributed by atoms with E-state index in [0.29, 0.717) is 6.42 Å². The Morgan fingerprint density at radius 2 is 2.24 bits per heavy atom. The van der Waals surface area contributed by atoms with Crippen LogP contribution in [0, 0.1) is 0 Å². The van der Waals surface area contributed by atoms with Gasteiger partial charge in [-0.05, 0) is 30.4 Å². The van der Waals surface area contributed by atoms with Gasteiger partial charge in [-0.15, -0.1) is 11.3 Å². The normalized spacial score (nSPS) is 18.5. The molecule has 3 heterocycles. The zero-order valence-corrected chi connectivity index (χ0v) is 12.6. The first-order valence-corrected chi connectivity index (χ1v) is 8.03. The van der Waals surface area contributed by atoms with Gasteiger partial charge in [0.1, 0.15) is 0 Å². The molecule has 1 aliphatic heterocycles. The predicted molar refractivity (Wildman–Crippen MR) is 83.4 cm³/mol. The zero-order chi connectivity index (χ0) is 14.5. The second kappa shape index (κ2) is 6.67. The van der Waals surface area contributed by atoms with Crippen molar-refractivity contribution in [3.05, 3.63) is 40.8 Å². The van der Waals surface area contributed by atoms with Crippen molar-refractivity contribution in [1.29, 1.82) is 0 Å². The van der Waals surface area contributed by atoms with Crippen molar-refractivity contribution in [2.24, 2.45) is 0 Å². The third-order valence-electron chi connectivity index (χ3n) is 3.54. The highest BCUT2D eigenvalue weighted by Gasteiger charge is 2.22. The van der Waals surface area contributed by atoms with E-state index in [2.05, 4.69) is 20.2 Å². The van der Waals surface area contributed by atoms with Gasteiger partial charge >= 0.3 is 0 Å². The first-order chi connectivity index (χ1) is 10.3. The van der Waals surface area contributed by atoms with E-state index in [4.69, 9.17) is 0 Å². The SMILES string of the molecule is O=C(Cc1cccs1)N[C@@H]1CCCN(c2ncccn2)C1. The molecule has 0 unspecified atom stereocenters. The van der Waals surface area contributed by atoms with E-state index in [9.17, 15) is 4.79 Å². The van der Waals surface area contributed by atoms with Gasteiger partial charge in [0.15, 0.2) is 0 Å². The number of carbonyl (C=O) groups excluding carboxylic acids is 1. The van der Waals surface area contributed by atoms with E-state index in [1.807, 2.05) is 23.6 Å². The Balaban J connectivity index is 1.55. The third kappa shape index (κ3) is 3.78. The van der Waals surface area contributed by atoms with Crippen LogP contribution in [-0.4, -0.2) is 35.0 Å². The number of rotatable bonds is 4. The molecule has 3 rings (SSSR count). The molecular weight excluding hydrogens is 284 g/mol. The molecule has 0 saturated carbocycles. The second-order valence-corrected chi connectivity index (χ2v) is 6.19. The van der Waals surface area contributed by atoms with Crippen molar-refractivity contribution in [1.82, 2.24) is 15.3 Å². The smallest absolute Gasteiger partial charge is 0.225 e. The molecule has 2 aromatic rings. The minimum atomic E-state index is 0.0956. The van der Waals surface area contributed by atoms with E-state index >= 15 is 0 Å². The molecule has 0 radical (unpaired) electrons. The standard InChI is InChI=1S/C15H18N4OS/c20-14(10-13-5-2-9-21-13)18-12-4-1-8-19(11-12)15-16-6-3-7-17-15/h2-3,5-7,9,12H,1,4,8,10-11H2,(H,18,20)/t12-/m1/s1. The van der Waals surface area contributed by atoms with E-state index in [-0.39, 0.29) is 11.9 Å². The summed E-state index contributed by atoms with van der Waals surface area (Å²) in [6.07, 6.45) is 6.03. The molecule has 6 heteroatoms. The van der Waals surface area contributed by atoms with Crippen molar-refractivity contribution >= 4 is 23.2 Å². The van der Waals surface area contributed by atoms with Crippen LogP contribution in [-0.2, 0) is 11.2 Å². The summed E-state index contributed by atoms with van der Waals surface area (Å²) in [4.78, 5) is 23.9. The molecule has 110 valence electrons. The highest BCUT2D eigenvalue weighted by molar-refractivity contribution is 7.10.